The molecule has 0 aliphatic carbocycles. The molecule has 10 heteroatoms. The number of nitrogen functional groups attached to an aromatic ring is 1. The van der Waals surface area contributed by atoms with Crippen molar-refractivity contribution in [3.8, 4) is 0 Å². The van der Waals surface area contributed by atoms with Crippen molar-refractivity contribution in [2.75, 3.05) is 63.1 Å². The summed E-state index contributed by atoms with van der Waals surface area (Å²) >= 11 is 1.35. The summed E-state index contributed by atoms with van der Waals surface area (Å²) in [6.45, 7) is 7.61. The van der Waals surface area contributed by atoms with E-state index in [0.717, 1.165) is 72.7 Å². The lowest BCUT2D eigenvalue weighted by molar-refractivity contribution is -0.145. The molecule has 0 bridgehead atoms. The third kappa shape index (κ3) is 5.92. The highest BCUT2D eigenvalue weighted by Crippen LogP contribution is 2.32. The van der Waals surface area contributed by atoms with Crippen molar-refractivity contribution < 1.29 is 14.3 Å². The van der Waals surface area contributed by atoms with Crippen LogP contribution in [-0.2, 0) is 22.4 Å². The van der Waals surface area contributed by atoms with Crippen molar-refractivity contribution in [1.29, 1.82) is 0 Å². The summed E-state index contributed by atoms with van der Waals surface area (Å²) < 4.78 is 5.82. The fourth-order valence-electron chi connectivity index (χ4n) is 5.00. The van der Waals surface area contributed by atoms with Crippen LogP contribution >= 0.6 is 11.3 Å². The Morgan fingerprint density at radius 2 is 1.92 bits per heavy atom. The Hall–Kier alpha value is -3.21. The molecule has 1 atom stereocenters. The number of pyridine rings is 1. The van der Waals surface area contributed by atoms with Crippen LogP contribution < -0.4 is 21.3 Å². The fraction of sp³-hybridized carbons (Fsp3) is 0.464. The number of anilines is 2. The van der Waals surface area contributed by atoms with E-state index in [1.807, 2.05) is 17.0 Å². The predicted octanol–water partition coefficient (Wildman–Crippen LogP) is 2.44. The Balaban J connectivity index is 1.13. The number of amides is 2. The lowest BCUT2D eigenvalue weighted by Gasteiger charge is -2.37. The third-order valence-electron chi connectivity index (χ3n) is 7.14. The number of nitrogens with two attached hydrogens (primary N) is 1. The van der Waals surface area contributed by atoms with Crippen LogP contribution in [0.4, 0.5) is 11.4 Å². The number of rotatable bonds is 8. The lowest BCUT2D eigenvalue weighted by atomic mass is 10.1. The minimum Gasteiger partial charge on any atom is -0.397 e. The van der Waals surface area contributed by atoms with Crippen LogP contribution in [0.2, 0.25) is 0 Å². The molecule has 2 aliphatic heterocycles. The Bertz CT molecular complexity index is 1270. The van der Waals surface area contributed by atoms with Gasteiger partial charge in [0.1, 0.15) is 9.71 Å². The van der Waals surface area contributed by atoms with Crippen molar-refractivity contribution in [3.05, 3.63) is 52.5 Å². The number of hydrogen-bond acceptors (Lipinski definition) is 8. The second kappa shape index (κ2) is 12.1. The van der Waals surface area contributed by atoms with Crippen LogP contribution in [0, 0.1) is 0 Å². The molecule has 5 rings (SSSR count). The van der Waals surface area contributed by atoms with E-state index in [-0.39, 0.29) is 11.8 Å². The van der Waals surface area contributed by atoms with Crippen LogP contribution in [-0.4, -0.2) is 80.2 Å². The maximum absolute atomic E-state index is 12.9. The Morgan fingerprint density at radius 3 is 2.68 bits per heavy atom. The molecule has 1 unspecified atom stereocenters. The van der Waals surface area contributed by atoms with E-state index in [0.29, 0.717) is 36.7 Å². The first kappa shape index (κ1) is 26.4. The average molecular weight is 537 g/mol. The summed E-state index contributed by atoms with van der Waals surface area (Å²) in [4.78, 5) is 35.8. The van der Waals surface area contributed by atoms with Crippen LogP contribution in [0.1, 0.15) is 34.3 Å². The molecule has 3 aromatic rings. The molecular weight excluding hydrogens is 500 g/mol. The molecule has 9 nitrogen and oxygen atoms in total. The third-order valence-corrected chi connectivity index (χ3v) is 8.25. The molecule has 2 fully saturated rings. The zero-order valence-electron chi connectivity index (χ0n) is 21.9. The highest BCUT2D eigenvalue weighted by molar-refractivity contribution is 7.21. The van der Waals surface area contributed by atoms with E-state index in [1.165, 1.54) is 11.3 Å². The summed E-state index contributed by atoms with van der Waals surface area (Å²) in [7, 11) is 0. The number of nitrogens with zero attached hydrogens (tertiary/aromatic N) is 3. The number of carbonyl (C=O) groups excluding carboxylic acids is 2. The van der Waals surface area contributed by atoms with Gasteiger partial charge in [-0.1, -0.05) is 25.5 Å². The van der Waals surface area contributed by atoms with Crippen LogP contribution in [0.15, 0.2) is 36.4 Å². The second-order valence-corrected chi connectivity index (χ2v) is 10.8. The molecule has 4 heterocycles. The normalized spacial score (nSPS) is 18.1. The molecule has 2 saturated heterocycles. The number of aryl methyl sites for hydroxylation is 1. The Labute approximate surface area is 227 Å². The monoisotopic (exact) mass is 536 g/mol. The number of thiophene rings is 1. The minimum absolute atomic E-state index is 0.0833. The summed E-state index contributed by atoms with van der Waals surface area (Å²) in [5.74, 6) is -0.0762. The second-order valence-electron chi connectivity index (χ2n) is 9.80. The first-order chi connectivity index (χ1) is 18.5. The number of nitrogens with one attached hydrogen (secondary N) is 2. The first-order valence-electron chi connectivity index (χ1n) is 13.4. The molecular formula is C28H36N6O3S. The zero-order valence-corrected chi connectivity index (χ0v) is 22.7. The standard InChI is InChI=1S/C28H36N6O3S/c1-2-3-20-6-9-22-24(29)25(38-27(22)32-20)26(35)31-11-10-19-4-7-21(8-5-19)34-16-17-37-23(18-34)28(36)33-14-12-30-13-15-33/h4-9,23,30H,2-3,10-18,29H2,1H3,(H,31,35). The van der Waals surface area contributed by atoms with Gasteiger partial charge in [-0.15, -0.1) is 11.3 Å². The highest BCUT2D eigenvalue weighted by Gasteiger charge is 2.31. The molecule has 2 aromatic heterocycles. The number of piperazine rings is 1. The molecule has 4 N–H and O–H groups in total. The van der Waals surface area contributed by atoms with Crippen molar-refractivity contribution in [1.82, 2.24) is 20.5 Å². The van der Waals surface area contributed by atoms with E-state index in [9.17, 15) is 9.59 Å². The molecule has 202 valence electrons. The predicted molar refractivity (Wildman–Crippen MR) is 152 cm³/mol. The molecule has 1 aromatic carbocycles. The van der Waals surface area contributed by atoms with Gasteiger partial charge < -0.3 is 30.9 Å². The molecule has 2 amide bonds. The van der Waals surface area contributed by atoms with Crippen molar-refractivity contribution in [2.24, 2.45) is 0 Å². The minimum atomic E-state index is -0.425. The van der Waals surface area contributed by atoms with Gasteiger partial charge in [0.25, 0.3) is 11.8 Å². The van der Waals surface area contributed by atoms with E-state index in [2.05, 4.69) is 51.7 Å². The van der Waals surface area contributed by atoms with Gasteiger partial charge in [-0.3, -0.25) is 9.59 Å². The van der Waals surface area contributed by atoms with E-state index < -0.39 is 6.10 Å². The quantitative estimate of drug-likeness (QED) is 0.405. The Morgan fingerprint density at radius 1 is 1.13 bits per heavy atom. The van der Waals surface area contributed by atoms with Crippen LogP contribution in [0.25, 0.3) is 10.2 Å². The van der Waals surface area contributed by atoms with Crippen LogP contribution in [0.3, 0.4) is 0 Å². The number of hydrogen-bond donors (Lipinski definition) is 3. The van der Waals surface area contributed by atoms with E-state index in [1.54, 1.807) is 0 Å². The van der Waals surface area contributed by atoms with Gasteiger partial charge in [-0.05, 0) is 42.7 Å². The maximum Gasteiger partial charge on any atom is 0.263 e. The fourth-order valence-corrected chi connectivity index (χ4v) is 6.02. The summed E-state index contributed by atoms with van der Waals surface area (Å²) in [5.41, 5.74) is 10.0. The van der Waals surface area contributed by atoms with Gasteiger partial charge in [-0.25, -0.2) is 4.98 Å². The summed E-state index contributed by atoms with van der Waals surface area (Å²) in [5, 5.41) is 7.13. The van der Waals surface area contributed by atoms with Gasteiger partial charge in [0, 0.05) is 56.0 Å². The number of aromatic nitrogens is 1. The van der Waals surface area contributed by atoms with E-state index >= 15 is 0 Å². The highest BCUT2D eigenvalue weighted by atomic mass is 32.1. The SMILES string of the molecule is CCCc1ccc2c(N)c(C(=O)NCCc3ccc(N4CCOC(C(=O)N5CCNCC5)C4)cc3)sc2n1. The summed E-state index contributed by atoms with van der Waals surface area (Å²) in [6, 6.07) is 12.3. The van der Waals surface area contributed by atoms with Gasteiger partial charge in [0.2, 0.25) is 0 Å². The number of ether oxygens (including phenoxy) is 1. The molecule has 0 saturated carbocycles. The number of fused-ring (bicyclic) bond motifs is 1. The number of carbonyl (C=O) groups is 2. The number of morpholine rings is 1. The van der Waals surface area contributed by atoms with Crippen molar-refractivity contribution >= 4 is 44.7 Å². The molecule has 0 spiro atoms. The number of benzene rings is 1. The van der Waals surface area contributed by atoms with Gasteiger partial charge in [0.05, 0.1) is 18.8 Å². The first-order valence-corrected chi connectivity index (χ1v) is 14.3. The topological polar surface area (TPSA) is 113 Å². The van der Waals surface area contributed by atoms with Crippen molar-refractivity contribution in [3.63, 3.8) is 0 Å². The smallest absolute Gasteiger partial charge is 0.263 e. The average Bonchev–Trinajstić information content (AvgIpc) is 3.29. The van der Waals surface area contributed by atoms with Gasteiger partial charge in [0.15, 0.2) is 6.10 Å². The van der Waals surface area contributed by atoms with Crippen LogP contribution in [0.5, 0.6) is 0 Å². The van der Waals surface area contributed by atoms with E-state index in [4.69, 9.17) is 10.5 Å². The van der Waals surface area contributed by atoms with Gasteiger partial charge in [-0.2, -0.15) is 0 Å². The van der Waals surface area contributed by atoms with Gasteiger partial charge >= 0.3 is 0 Å². The van der Waals surface area contributed by atoms with Crippen molar-refractivity contribution in [2.45, 2.75) is 32.3 Å². The lowest BCUT2D eigenvalue weighted by Crippen LogP contribution is -2.55. The zero-order chi connectivity index (χ0) is 26.5. The maximum atomic E-state index is 12.9. The molecule has 2 aliphatic rings. The summed E-state index contributed by atoms with van der Waals surface area (Å²) in [6.07, 6.45) is 2.22. The molecule has 0 radical (unpaired) electrons. The Kier molecular flexibility index (Phi) is 8.41. The largest absolute Gasteiger partial charge is 0.397 e. The molecule has 38 heavy (non-hydrogen) atoms.